The minimum absolute atomic E-state index is 0.371. The first-order valence-electron chi connectivity index (χ1n) is 8.10. The quantitative estimate of drug-likeness (QED) is 0.591. The highest BCUT2D eigenvalue weighted by Crippen LogP contribution is 2.58. The van der Waals surface area contributed by atoms with E-state index in [1.54, 1.807) is 0 Å². The molecule has 0 N–H and O–H groups in total. The van der Waals surface area contributed by atoms with Crippen LogP contribution in [0.2, 0.25) is 0 Å². The molecule has 0 aromatic carbocycles. The predicted molar refractivity (Wildman–Crippen MR) is 76.6 cm³/mol. The molecule has 4 aliphatic carbocycles. The summed E-state index contributed by atoms with van der Waals surface area (Å²) in [5.41, 5.74) is 1.97. The molecule has 1 heteroatoms. The highest BCUT2D eigenvalue weighted by atomic mass is 16.1. The van der Waals surface area contributed by atoms with Gasteiger partial charge in [-0.15, -0.1) is 0 Å². The molecule has 19 heavy (non-hydrogen) atoms. The van der Waals surface area contributed by atoms with Gasteiger partial charge in [0.05, 0.1) is 0 Å². The van der Waals surface area contributed by atoms with Gasteiger partial charge in [0.1, 0.15) is 0 Å². The second kappa shape index (κ2) is 4.07. The van der Waals surface area contributed by atoms with Gasteiger partial charge in [-0.2, -0.15) is 0 Å². The van der Waals surface area contributed by atoms with Crippen LogP contribution in [0.15, 0.2) is 23.8 Å². The Morgan fingerprint density at radius 1 is 1.21 bits per heavy atom. The van der Waals surface area contributed by atoms with E-state index in [0.717, 1.165) is 30.6 Å². The first-order valence-corrected chi connectivity index (χ1v) is 8.10. The molecule has 5 atom stereocenters. The van der Waals surface area contributed by atoms with E-state index in [2.05, 4.69) is 19.1 Å². The van der Waals surface area contributed by atoms with Crippen LogP contribution in [0, 0.1) is 29.1 Å². The molecule has 0 bridgehead atoms. The van der Waals surface area contributed by atoms with Crippen molar-refractivity contribution in [2.75, 3.05) is 0 Å². The number of hydrogen-bond donors (Lipinski definition) is 0. The molecule has 2 saturated carbocycles. The van der Waals surface area contributed by atoms with E-state index < -0.39 is 0 Å². The van der Waals surface area contributed by atoms with Gasteiger partial charge in [0, 0.05) is 6.42 Å². The van der Waals surface area contributed by atoms with E-state index in [9.17, 15) is 4.79 Å². The minimum atomic E-state index is 0.371. The lowest BCUT2D eigenvalue weighted by Crippen LogP contribution is -2.41. The van der Waals surface area contributed by atoms with Gasteiger partial charge < -0.3 is 0 Å². The van der Waals surface area contributed by atoms with Gasteiger partial charge >= 0.3 is 0 Å². The van der Waals surface area contributed by atoms with E-state index in [1.165, 1.54) is 37.7 Å². The zero-order chi connectivity index (χ0) is 13.0. The second-order valence-corrected chi connectivity index (χ2v) is 7.47. The first-order chi connectivity index (χ1) is 9.17. The first kappa shape index (κ1) is 11.9. The monoisotopic (exact) mass is 256 g/mol. The molecule has 0 heterocycles. The molecule has 0 unspecified atom stereocenters. The number of carbonyl (C=O) groups excluding carboxylic acids is 1. The van der Waals surface area contributed by atoms with Crippen LogP contribution in [-0.4, -0.2) is 5.78 Å². The molecule has 2 fully saturated rings. The summed E-state index contributed by atoms with van der Waals surface area (Å²) < 4.78 is 0. The average molecular weight is 256 g/mol. The molecule has 4 aliphatic rings. The number of carbonyl (C=O) groups is 1. The van der Waals surface area contributed by atoms with E-state index in [0.29, 0.717) is 17.1 Å². The van der Waals surface area contributed by atoms with Crippen LogP contribution in [0.4, 0.5) is 0 Å². The largest absolute Gasteiger partial charge is 0.295 e. The summed E-state index contributed by atoms with van der Waals surface area (Å²) in [6.07, 6.45) is 15.7. The smallest absolute Gasteiger partial charge is 0.155 e. The van der Waals surface area contributed by atoms with Crippen molar-refractivity contribution in [3.8, 4) is 0 Å². The van der Waals surface area contributed by atoms with Gasteiger partial charge in [-0.3, -0.25) is 4.79 Å². The van der Waals surface area contributed by atoms with Gasteiger partial charge in [-0.05, 0) is 67.3 Å². The molecule has 0 saturated heterocycles. The highest BCUT2D eigenvalue weighted by molar-refractivity contribution is 5.91. The number of fused-ring (bicyclic) bond motifs is 5. The van der Waals surface area contributed by atoms with Crippen LogP contribution in [0.25, 0.3) is 0 Å². The summed E-state index contributed by atoms with van der Waals surface area (Å²) >= 11 is 0. The van der Waals surface area contributed by atoms with E-state index in [-0.39, 0.29) is 0 Å². The Balaban J connectivity index is 1.69. The van der Waals surface area contributed by atoms with E-state index in [1.807, 2.05) is 6.08 Å². The topological polar surface area (TPSA) is 17.1 Å². The fourth-order valence-electron chi connectivity index (χ4n) is 5.60. The molecule has 4 rings (SSSR count). The van der Waals surface area contributed by atoms with Crippen molar-refractivity contribution in [1.29, 1.82) is 0 Å². The summed E-state index contributed by atoms with van der Waals surface area (Å²) in [5, 5.41) is 0. The third kappa shape index (κ3) is 1.70. The Kier molecular flexibility index (Phi) is 2.56. The molecular formula is C18H24O. The van der Waals surface area contributed by atoms with Crippen molar-refractivity contribution >= 4 is 5.78 Å². The Labute approximate surface area is 116 Å². The zero-order valence-corrected chi connectivity index (χ0v) is 11.9. The Hall–Kier alpha value is -0.850. The second-order valence-electron chi connectivity index (χ2n) is 7.47. The van der Waals surface area contributed by atoms with E-state index >= 15 is 0 Å². The molecule has 0 aromatic rings. The summed E-state index contributed by atoms with van der Waals surface area (Å²) in [6, 6.07) is 0. The Bertz CT molecular complexity index is 472. The number of allylic oxidation sites excluding steroid dienone is 4. The van der Waals surface area contributed by atoms with Gasteiger partial charge in [-0.25, -0.2) is 0 Å². The van der Waals surface area contributed by atoms with Crippen LogP contribution in [0.5, 0.6) is 0 Å². The maximum Gasteiger partial charge on any atom is 0.155 e. The maximum atomic E-state index is 11.6. The van der Waals surface area contributed by atoms with Gasteiger partial charge in [0.25, 0.3) is 0 Å². The molecule has 102 valence electrons. The minimum Gasteiger partial charge on any atom is -0.295 e. The standard InChI is InChI=1S/C18H24O/c1-18-9-2-3-17(18)16-6-4-12-11-13(19)5-7-14(12)15(16)8-10-18/h8,10-11,14-17H,2-7,9H2,1H3/t14-,15+,16+,17-,18-/m0/s1. The fraction of sp³-hybridized carbons (Fsp3) is 0.722. The normalized spacial score (nSPS) is 48.3. The number of rotatable bonds is 0. The van der Waals surface area contributed by atoms with Crippen molar-refractivity contribution in [3.63, 3.8) is 0 Å². The van der Waals surface area contributed by atoms with E-state index in [4.69, 9.17) is 0 Å². The van der Waals surface area contributed by atoms with Crippen LogP contribution in [-0.2, 0) is 4.79 Å². The Morgan fingerprint density at radius 2 is 2.11 bits per heavy atom. The lowest BCUT2D eigenvalue weighted by Gasteiger charge is -2.49. The molecular weight excluding hydrogens is 232 g/mol. The summed E-state index contributed by atoms with van der Waals surface area (Å²) in [7, 11) is 0. The third-order valence-corrected chi connectivity index (χ3v) is 6.54. The van der Waals surface area contributed by atoms with Crippen LogP contribution in [0.3, 0.4) is 0 Å². The summed E-state index contributed by atoms with van der Waals surface area (Å²) in [4.78, 5) is 11.6. The predicted octanol–water partition coefficient (Wildman–Crippen LogP) is 4.29. The average Bonchev–Trinajstić information content (AvgIpc) is 2.79. The highest BCUT2D eigenvalue weighted by Gasteiger charge is 2.49. The molecule has 0 radical (unpaired) electrons. The Morgan fingerprint density at radius 3 is 3.00 bits per heavy atom. The summed E-state index contributed by atoms with van der Waals surface area (Å²) in [6.45, 7) is 2.48. The third-order valence-electron chi connectivity index (χ3n) is 6.54. The maximum absolute atomic E-state index is 11.6. The number of hydrogen-bond acceptors (Lipinski definition) is 1. The lowest BCUT2D eigenvalue weighted by atomic mass is 9.55. The molecule has 0 aliphatic heterocycles. The van der Waals surface area contributed by atoms with Crippen LogP contribution in [0.1, 0.15) is 51.9 Å². The van der Waals surface area contributed by atoms with Crippen molar-refractivity contribution in [2.45, 2.75) is 51.9 Å². The zero-order valence-electron chi connectivity index (χ0n) is 11.9. The van der Waals surface area contributed by atoms with Gasteiger partial charge in [0.2, 0.25) is 0 Å². The van der Waals surface area contributed by atoms with Crippen LogP contribution < -0.4 is 0 Å². The molecule has 0 amide bonds. The number of ketones is 1. The van der Waals surface area contributed by atoms with Crippen molar-refractivity contribution in [3.05, 3.63) is 23.8 Å². The van der Waals surface area contributed by atoms with Gasteiger partial charge in [0.15, 0.2) is 5.78 Å². The van der Waals surface area contributed by atoms with Crippen molar-refractivity contribution < 1.29 is 4.79 Å². The lowest BCUT2D eigenvalue weighted by molar-refractivity contribution is -0.115. The molecule has 0 spiro atoms. The molecule has 0 aromatic heterocycles. The SMILES string of the molecule is C[C@]12C=C[C@H]3[C@@H](CCC4=CC(=O)CC[C@@H]43)[C@@H]1CCC2. The van der Waals surface area contributed by atoms with Crippen molar-refractivity contribution in [1.82, 2.24) is 0 Å². The fourth-order valence-corrected chi connectivity index (χ4v) is 5.60. The van der Waals surface area contributed by atoms with Gasteiger partial charge in [-0.1, -0.05) is 31.1 Å². The summed E-state index contributed by atoms with van der Waals surface area (Å²) in [5.74, 6) is 3.62. The van der Waals surface area contributed by atoms with Crippen LogP contribution >= 0.6 is 0 Å². The molecule has 1 nitrogen and oxygen atoms in total. The van der Waals surface area contributed by atoms with Crippen molar-refractivity contribution in [2.24, 2.45) is 29.1 Å².